The highest BCUT2D eigenvalue weighted by atomic mass is 16.6. The molecule has 0 unspecified atom stereocenters. The number of rotatable bonds is 18. The first-order valence-corrected chi connectivity index (χ1v) is 15.9. The van der Waals surface area contributed by atoms with Crippen molar-refractivity contribution in [3.63, 3.8) is 0 Å². The van der Waals surface area contributed by atoms with Crippen molar-refractivity contribution in [2.24, 2.45) is 11.8 Å². The lowest BCUT2D eigenvalue weighted by atomic mass is 9.90. The number of methoxy groups -OCH3 is 1. The lowest BCUT2D eigenvalue weighted by molar-refractivity contribution is -0.156. The number of esters is 1. The molecule has 0 fully saturated rings. The average molecular weight is 636 g/mol. The lowest BCUT2D eigenvalue weighted by Gasteiger charge is -2.33. The van der Waals surface area contributed by atoms with Gasteiger partial charge in [-0.2, -0.15) is 0 Å². The summed E-state index contributed by atoms with van der Waals surface area (Å²) in [6.45, 7) is 14.4. The molecule has 0 aliphatic heterocycles. The van der Waals surface area contributed by atoms with Gasteiger partial charge in [0.15, 0.2) is 0 Å². The minimum absolute atomic E-state index is 0.0870. The van der Waals surface area contributed by atoms with Gasteiger partial charge in [0, 0.05) is 12.8 Å². The molecule has 3 N–H and O–H groups in total. The van der Waals surface area contributed by atoms with E-state index in [0.717, 1.165) is 5.56 Å². The van der Waals surface area contributed by atoms with Crippen molar-refractivity contribution in [3.05, 3.63) is 29.8 Å². The molecule has 0 bridgehead atoms. The fourth-order valence-electron chi connectivity index (χ4n) is 4.66. The van der Waals surface area contributed by atoms with Crippen molar-refractivity contribution in [2.75, 3.05) is 21.2 Å². The van der Waals surface area contributed by atoms with E-state index >= 15 is 0 Å². The third kappa shape index (κ3) is 14.6. The Morgan fingerprint density at radius 2 is 1.58 bits per heavy atom. The number of carbonyl (C=O) groups is 4. The van der Waals surface area contributed by atoms with E-state index in [4.69, 9.17) is 14.2 Å². The lowest BCUT2D eigenvalue weighted by Crippen LogP contribution is -2.59. The number of nitrogens with one attached hydrogen (secondary N) is 2. The van der Waals surface area contributed by atoms with Crippen LogP contribution in [0.15, 0.2) is 24.3 Å². The number of ketones is 1. The number of aliphatic hydroxyl groups excluding tert-OH is 1. The van der Waals surface area contributed by atoms with Crippen LogP contribution in [0.25, 0.3) is 0 Å². The van der Waals surface area contributed by atoms with Crippen LogP contribution < -0.4 is 15.4 Å². The maximum Gasteiger partial charge on any atom is 0.408 e. The Morgan fingerprint density at radius 1 is 0.978 bits per heavy atom. The molecule has 0 aliphatic rings. The molecule has 256 valence electrons. The Bertz CT molecular complexity index is 1080. The molecule has 0 aromatic heterocycles. The third-order valence-electron chi connectivity index (χ3n) is 7.63. The Balaban J connectivity index is 3.22. The van der Waals surface area contributed by atoms with Crippen LogP contribution in [0.3, 0.4) is 0 Å². The van der Waals surface area contributed by atoms with Gasteiger partial charge in [0.05, 0.1) is 19.3 Å². The standard InChI is InChI=1S/C34H57N3O8/c1-12-22(4)29(28(39)20-25(38)16-13-21(2)3)35-31(40)30(36-33(42)45-34(6,7)8)23(5)44-32(41)27(37(9)10)19-24-14-17-26(43-11)18-15-24/h14-15,17-18,21-23,27-30,39H,12-13,16,19-20H2,1-11H3,(H,35,40)(H,36,42)/t22-,23+,27-,28-,29+,30-/m0/s1. The fraction of sp³-hybridized carbons (Fsp3) is 0.706. The van der Waals surface area contributed by atoms with Gasteiger partial charge in [-0.15, -0.1) is 0 Å². The first-order chi connectivity index (χ1) is 20.9. The van der Waals surface area contributed by atoms with E-state index in [-0.39, 0.29) is 18.1 Å². The smallest absolute Gasteiger partial charge is 0.408 e. The van der Waals surface area contributed by atoms with E-state index in [1.807, 2.05) is 39.8 Å². The maximum absolute atomic E-state index is 13.8. The van der Waals surface area contributed by atoms with Crippen LogP contribution >= 0.6 is 0 Å². The highest BCUT2D eigenvalue weighted by molar-refractivity contribution is 5.87. The van der Waals surface area contributed by atoms with Gasteiger partial charge in [0.25, 0.3) is 0 Å². The summed E-state index contributed by atoms with van der Waals surface area (Å²) in [4.78, 5) is 54.3. The van der Waals surface area contributed by atoms with Gasteiger partial charge in [-0.3, -0.25) is 19.3 Å². The number of hydrogen-bond acceptors (Lipinski definition) is 9. The molecule has 0 spiro atoms. The number of carbonyl (C=O) groups excluding carboxylic acids is 4. The summed E-state index contributed by atoms with van der Waals surface area (Å²) in [5.74, 6) is -0.485. The Hall–Kier alpha value is -3.18. The van der Waals surface area contributed by atoms with Crippen LogP contribution in [-0.4, -0.2) is 90.9 Å². The Kier molecular flexibility index (Phi) is 16.6. The van der Waals surface area contributed by atoms with Crippen molar-refractivity contribution >= 4 is 23.8 Å². The minimum Gasteiger partial charge on any atom is -0.497 e. The van der Waals surface area contributed by atoms with Crippen LogP contribution in [0, 0.1) is 11.8 Å². The van der Waals surface area contributed by atoms with E-state index in [1.54, 1.807) is 59.0 Å². The monoisotopic (exact) mass is 635 g/mol. The molecule has 11 nitrogen and oxygen atoms in total. The summed E-state index contributed by atoms with van der Waals surface area (Å²) < 4.78 is 16.4. The summed E-state index contributed by atoms with van der Waals surface area (Å²) in [5.41, 5.74) is 0.0409. The van der Waals surface area contributed by atoms with Crippen LogP contribution in [0.5, 0.6) is 5.75 Å². The zero-order valence-corrected chi connectivity index (χ0v) is 29.1. The van der Waals surface area contributed by atoms with Crippen LogP contribution in [0.4, 0.5) is 4.79 Å². The van der Waals surface area contributed by atoms with Gasteiger partial charge in [0.1, 0.15) is 35.3 Å². The number of Topliss-reactive ketones (excluding diaryl/α,β-unsaturated/α-hetero) is 1. The molecule has 0 radical (unpaired) electrons. The number of ether oxygens (including phenoxy) is 3. The molecule has 0 saturated heterocycles. The quantitative estimate of drug-likeness (QED) is 0.201. The van der Waals surface area contributed by atoms with Crippen LogP contribution in [0.1, 0.15) is 86.6 Å². The van der Waals surface area contributed by atoms with Gasteiger partial charge in [-0.1, -0.05) is 46.2 Å². The van der Waals surface area contributed by atoms with Crippen LogP contribution in [0.2, 0.25) is 0 Å². The number of nitrogens with zero attached hydrogens (tertiary/aromatic N) is 1. The van der Waals surface area contributed by atoms with Crippen molar-refractivity contribution in [3.8, 4) is 5.75 Å². The molecule has 11 heteroatoms. The van der Waals surface area contributed by atoms with Gasteiger partial charge >= 0.3 is 12.1 Å². The summed E-state index contributed by atoms with van der Waals surface area (Å²) in [6, 6.07) is 4.53. The minimum atomic E-state index is -1.34. The van der Waals surface area contributed by atoms with E-state index < -0.39 is 53.9 Å². The van der Waals surface area contributed by atoms with Gasteiger partial charge in [0.2, 0.25) is 5.91 Å². The first kappa shape index (κ1) is 39.8. The number of alkyl carbamates (subject to hydrolysis) is 1. The first-order valence-electron chi connectivity index (χ1n) is 15.9. The summed E-state index contributed by atoms with van der Waals surface area (Å²) in [6.07, 6.45) is -1.20. The van der Waals surface area contributed by atoms with Gasteiger partial charge < -0.3 is 30.0 Å². The highest BCUT2D eigenvalue weighted by Crippen LogP contribution is 2.19. The second-order valence-electron chi connectivity index (χ2n) is 13.5. The normalized spacial score (nSPS) is 15.8. The van der Waals surface area contributed by atoms with Gasteiger partial charge in [-0.05, 0) is 84.2 Å². The average Bonchev–Trinajstić information content (AvgIpc) is 2.94. The molecule has 0 aliphatic carbocycles. The fourth-order valence-corrected chi connectivity index (χ4v) is 4.66. The number of amides is 2. The highest BCUT2D eigenvalue weighted by Gasteiger charge is 2.37. The molecule has 45 heavy (non-hydrogen) atoms. The van der Waals surface area contributed by atoms with Crippen molar-refractivity contribution < 1.29 is 38.5 Å². The van der Waals surface area contributed by atoms with E-state index in [0.29, 0.717) is 37.4 Å². The summed E-state index contributed by atoms with van der Waals surface area (Å²) in [7, 11) is 5.08. The summed E-state index contributed by atoms with van der Waals surface area (Å²) >= 11 is 0. The Labute approximate surface area is 269 Å². The summed E-state index contributed by atoms with van der Waals surface area (Å²) in [5, 5.41) is 16.5. The SMILES string of the molecule is CC[C@H](C)[C@@H](NC(=O)[C@@H](NC(=O)OC(C)(C)C)[C@@H](C)OC(=O)[C@H](Cc1ccc(OC)cc1)N(C)C)[C@@H](O)CC(=O)CCC(C)C. The number of likely N-dealkylation sites (N-methyl/N-ethyl adjacent to an activating group) is 1. The number of aliphatic hydroxyl groups is 1. The number of hydrogen-bond donors (Lipinski definition) is 3. The third-order valence-corrected chi connectivity index (χ3v) is 7.63. The van der Waals surface area contributed by atoms with Crippen LogP contribution in [-0.2, 0) is 30.3 Å². The Morgan fingerprint density at radius 3 is 2.07 bits per heavy atom. The molecule has 6 atom stereocenters. The molecule has 1 aromatic carbocycles. The van der Waals surface area contributed by atoms with Crippen molar-refractivity contribution in [1.82, 2.24) is 15.5 Å². The molecule has 2 amide bonds. The maximum atomic E-state index is 13.8. The van der Waals surface area contributed by atoms with E-state index in [9.17, 15) is 24.3 Å². The largest absolute Gasteiger partial charge is 0.497 e. The molecule has 0 heterocycles. The zero-order chi connectivity index (χ0) is 34.5. The predicted octanol–water partition coefficient (Wildman–Crippen LogP) is 4.28. The second-order valence-corrected chi connectivity index (χ2v) is 13.5. The van der Waals surface area contributed by atoms with Gasteiger partial charge in [-0.25, -0.2) is 4.79 Å². The zero-order valence-electron chi connectivity index (χ0n) is 29.1. The topological polar surface area (TPSA) is 144 Å². The molecular formula is C34H57N3O8. The second kappa shape index (κ2) is 18.7. The van der Waals surface area contributed by atoms with Crippen molar-refractivity contribution in [1.29, 1.82) is 0 Å². The van der Waals surface area contributed by atoms with E-state index in [1.165, 1.54) is 6.92 Å². The predicted molar refractivity (Wildman–Crippen MR) is 174 cm³/mol. The molecule has 1 rings (SSSR count). The molecule has 1 aromatic rings. The molecular weight excluding hydrogens is 578 g/mol. The van der Waals surface area contributed by atoms with Crippen molar-refractivity contribution in [2.45, 2.75) is 123 Å². The number of benzene rings is 1. The molecule has 0 saturated carbocycles. The van der Waals surface area contributed by atoms with E-state index in [2.05, 4.69) is 10.6 Å².